The lowest BCUT2D eigenvalue weighted by atomic mass is 9.89. The van der Waals surface area contributed by atoms with Gasteiger partial charge in [-0.2, -0.15) is 0 Å². The summed E-state index contributed by atoms with van der Waals surface area (Å²) in [5.74, 6) is -0.521. The zero-order chi connectivity index (χ0) is 14.3. The average molecular weight is 278 g/mol. The molecular weight excluding hydrogens is 260 g/mol. The summed E-state index contributed by atoms with van der Waals surface area (Å²) >= 11 is 0. The van der Waals surface area contributed by atoms with E-state index in [-0.39, 0.29) is 24.2 Å². The number of rotatable bonds is 3. The van der Waals surface area contributed by atoms with Crippen molar-refractivity contribution < 1.29 is 14.7 Å². The third-order valence-corrected chi connectivity index (χ3v) is 4.36. The molecule has 2 amide bonds. The summed E-state index contributed by atoms with van der Waals surface area (Å²) in [5, 5.41) is 12.1. The first-order chi connectivity index (χ1) is 9.58. The van der Waals surface area contributed by atoms with E-state index in [1.54, 1.807) is 17.3 Å². The van der Waals surface area contributed by atoms with E-state index >= 15 is 0 Å². The van der Waals surface area contributed by atoms with Gasteiger partial charge in [0.25, 0.3) is 0 Å². The standard InChI is InChI=1S/C13H18N4O3/c1-7(11-14-4-5-15-11)16-13(20)17-8-2-3-10(17)9(6-8)12(18)19/h4-5,7-10H,2-3,6H2,1H3,(H,14,15)(H,16,20)(H,18,19). The number of amides is 2. The minimum absolute atomic E-state index is 0.0601. The number of imidazole rings is 1. The number of nitrogens with zero attached hydrogens (tertiary/aromatic N) is 2. The van der Waals surface area contributed by atoms with Crippen LogP contribution in [0, 0.1) is 5.92 Å². The Kier molecular flexibility index (Phi) is 3.11. The van der Waals surface area contributed by atoms with E-state index < -0.39 is 11.9 Å². The minimum Gasteiger partial charge on any atom is -0.481 e. The van der Waals surface area contributed by atoms with Gasteiger partial charge in [0, 0.05) is 24.5 Å². The van der Waals surface area contributed by atoms with Crippen molar-refractivity contribution in [3.63, 3.8) is 0 Å². The molecule has 0 aliphatic carbocycles. The summed E-state index contributed by atoms with van der Waals surface area (Å²) in [6, 6.07) is -0.517. The molecule has 3 rings (SSSR count). The number of H-pyrrole nitrogens is 1. The molecule has 0 spiro atoms. The first-order valence-corrected chi connectivity index (χ1v) is 6.89. The lowest BCUT2D eigenvalue weighted by Crippen LogP contribution is -2.45. The molecule has 1 aromatic heterocycles. The fraction of sp³-hybridized carbons (Fsp3) is 0.615. The molecule has 2 aliphatic rings. The van der Waals surface area contributed by atoms with Gasteiger partial charge in [-0.1, -0.05) is 0 Å². The Balaban J connectivity index is 1.68. The topological polar surface area (TPSA) is 98.3 Å². The highest BCUT2D eigenvalue weighted by Crippen LogP contribution is 2.41. The molecule has 7 nitrogen and oxygen atoms in total. The number of carboxylic acids is 1. The summed E-state index contributed by atoms with van der Waals surface area (Å²) in [6.45, 7) is 1.85. The van der Waals surface area contributed by atoms with Gasteiger partial charge in [0.15, 0.2) is 0 Å². The molecule has 108 valence electrons. The minimum atomic E-state index is -0.797. The van der Waals surface area contributed by atoms with Gasteiger partial charge in [-0.15, -0.1) is 0 Å². The molecule has 2 aliphatic heterocycles. The van der Waals surface area contributed by atoms with Crippen LogP contribution in [0.25, 0.3) is 0 Å². The Labute approximate surface area is 116 Å². The van der Waals surface area contributed by atoms with Crippen LogP contribution in [-0.2, 0) is 4.79 Å². The second-order valence-corrected chi connectivity index (χ2v) is 5.53. The van der Waals surface area contributed by atoms with E-state index in [2.05, 4.69) is 15.3 Å². The quantitative estimate of drug-likeness (QED) is 0.771. The van der Waals surface area contributed by atoms with Gasteiger partial charge in [-0.25, -0.2) is 9.78 Å². The van der Waals surface area contributed by atoms with Crippen LogP contribution in [0.1, 0.15) is 38.1 Å². The summed E-state index contributed by atoms with van der Waals surface area (Å²) < 4.78 is 0. The molecule has 2 fully saturated rings. The SMILES string of the molecule is CC(NC(=O)N1C2CCC1C(C(=O)O)C2)c1ncc[nH]1. The third-order valence-electron chi connectivity index (χ3n) is 4.36. The number of aliphatic carboxylic acids is 1. The molecule has 20 heavy (non-hydrogen) atoms. The molecule has 4 unspecified atom stereocenters. The normalized spacial score (nSPS) is 29.4. The fourth-order valence-corrected chi connectivity index (χ4v) is 3.41. The summed E-state index contributed by atoms with van der Waals surface area (Å²) in [5.41, 5.74) is 0. The van der Waals surface area contributed by atoms with Crippen molar-refractivity contribution in [2.45, 2.75) is 44.3 Å². The highest BCUT2D eigenvalue weighted by molar-refractivity contribution is 5.79. The van der Waals surface area contributed by atoms with Gasteiger partial charge in [0.1, 0.15) is 5.82 Å². The number of aromatic nitrogens is 2. The van der Waals surface area contributed by atoms with E-state index in [1.165, 1.54) is 0 Å². The maximum atomic E-state index is 12.4. The summed E-state index contributed by atoms with van der Waals surface area (Å²) in [4.78, 5) is 32.3. The predicted octanol–water partition coefficient (Wildman–Crippen LogP) is 1.12. The van der Waals surface area contributed by atoms with Crippen molar-refractivity contribution in [2.24, 2.45) is 5.92 Å². The van der Waals surface area contributed by atoms with Crippen LogP contribution in [0.2, 0.25) is 0 Å². The number of urea groups is 1. The maximum Gasteiger partial charge on any atom is 0.318 e. The third kappa shape index (κ3) is 2.03. The van der Waals surface area contributed by atoms with Gasteiger partial charge in [-0.05, 0) is 26.2 Å². The smallest absolute Gasteiger partial charge is 0.318 e. The molecule has 4 atom stereocenters. The number of hydrogen-bond donors (Lipinski definition) is 3. The maximum absolute atomic E-state index is 12.4. The van der Waals surface area contributed by atoms with Crippen molar-refractivity contribution in [1.29, 1.82) is 0 Å². The van der Waals surface area contributed by atoms with Gasteiger partial charge >= 0.3 is 12.0 Å². The first kappa shape index (κ1) is 13.0. The van der Waals surface area contributed by atoms with E-state index in [0.717, 1.165) is 12.8 Å². The molecule has 7 heteroatoms. The van der Waals surface area contributed by atoms with E-state index in [1.807, 2.05) is 6.92 Å². The zero-order valence-corrected chi connectivity index (χ0v) is 11.2. The van der Waals surface area contributed by atoms with Crippen molar-refractivity contribution in [1.82, 2.24) is 20.2 Å². The lowest BCUT2D eigenvalue weighted by Gasteiger charge is -2.25. The first-order valence-electron chi connectivity index (χ1n) is 6.89. The van der Waals surface area contributed by atoms with E-state index in [9.17, 15) is 14.7 Å². The molecule has 2 bridgehead atoms. The monoisotopic (exact) mass is 278 g/mol. The number of fused-ring (bicyclic) bond motifs is 2. The molecule has 0 saturated carbocycles. The second-order valence-electron chi connectivity index (χ2n) is 5.53. The number of carboxylic acid groups (broad SMARTS) is 1. The summed E-state index contributed by atoms with van der Waals surface area (Å²) in [6.07, 6.45) is 5.60. The van der Waals surface area contributed by atoms with E-state index in [0.29, 0.717) is 12.2 Å². The van der Waals surface area contributed by atoms with Crippen molar-refractivity contribution in [2.75, 3.05) is 0 Å². The predicted molar refractivity (Wildman–Crippen MR) is 69.9 cm³/mol. The van der Waals surface area contributed by atoms with Crippen LogP contribution in [0.5, 0.6) is 0 Å². The number of hydrogen-bond acceptors (Lipinski definition) is 3. The van der Waals surface area contributed by atoms with Crippen LogP contribution >= 0.6 is 0 Å². The largest absolute Gasteiger partial charge is 0.481 e. The van der Waals surface area contributed by atoms with Gasteiger partial charge in [0.05, 0.1) is 12.0 Å². The highest BCUT2D eigenvalue weighted by Gasteiger charge is 2.51. The Morgan fingerprint density at radius 2 is 2.35 bits per heavy atom. The molecule has 0 radical (unpaired) electrons. The van der Waals surface area contributed by atoms with E-state index in [4.69, 9.17) is 0 Å². The number of carbonyl (C=O) groups excluding carboxylic acids is 1. The lowest BCUT2D eigenvalue weighted by molar-refractivity contribution is -0.142. The van der Waals surface area contributed by atoms with Crippen LogP contribution in [0.4, 0.5) is 4.79 Å². The molecule has 2 saturated heterocycles. The summed E-state index contributed by atoms with van der Waals surface area (Å²) in [7, 11) is 0. The van der Waals surface area contributed by atoms with Crippen LogP contribution < -0.4 is 5.32 Å². The Bertz CT molecular complexity index is 516. The average Bonchev–Trinajstić information content (AvgIpc) is 3.13. The molecule has 3 heterocycles. The zero-order valence-electron chi connectivity index (χ0n) is 11.2. The van der Waals surface area contributed by atoms with Crippen molar-refractivity contribution in [3.8, 4) is 0 Å². The molecule has 0 aromatic carbocycles. The van der Waals surface area contributed by atoms with Crippen molar-refractivity contribution >= 4 is 12.0 Å². The Hall–Kier alpha value is -2.05. The Morgan fingerprint density at radius 1 is 1.55 bits per heavy atom. The van der Waals surface area contributed by atoms with Gasteiger partial charge in [0.2, 0.25) is 0 Å². The van der Waals surface area contributed by atoms with Crippen LogP contribution in [0.15, 0.2) is 12.4 Å². The molecule has 3 N–H and O–H groups in total. The van der Waals surface area contributed by atoms with Crippen LogP contribution in [-0.4, -0.2) is 44.1 Å². The second kappa shape index (κ2) is 4.81. The fourth-order valence-electron chi connectivity index (χ4n) is 3.41. The molecule has 1 aromatic rings. The van der Waals surface area contributed by atoms with Crippen LogP contribution in [0.3, 0.4) is 0 Å². The number of nitrogens with one attached hydrogen (secondary N) is 2. The Morgan fingerprint density at radius 3 is 2.95 bits per heavy atom. The number of carbonyl (C=O) groups is 2. The number of aromatic amines is 1. The molecular formula is C13H18N4O3. The highest BCUT2D eigenvalue weighted by atomic mass is 16.4. The van der Waals surface area contributed by atoms with Gasteiger partial charge < -0.3 is 20.3 Å². The van der Waals surface area contributed by atoms with Gasteiger partial charge in [-0.3, -0.25) is 4.79 Å². The van der Waals surface area contributed by atoms with Crippen molar-refractivity contribution in [3.05, 3.63) is 18.2 Å².